The Morgan fingerprint density at radius 3 is 2.44 bits per heavy atom. The van der Waals surface area contributed by atoms with Crippen LogP contribution in [0.2, 0.25) is 0 Å². The molecule has 0 spiro atoms. The molecule has 0 N–H and O–H groups in total. The average Bonchev–Trinajstić information content (AvgIpc) is 3.14. The molecule has 1 atom stereocenters. The van der Waals surface area contributed by atoms with Crippen LogP contribution in [0.15, 0.2) is 18.2 Å². The third kappa shape index (κ3) is 2.18. The zero-order valence-electron chi connectivity index (χ0n) is 10.2. The zero-order valence-corrected chi connectivity index (χ0v) is 10.2. The Balaban J connectivity index is 2.30. The molecule has 1 nitrogen and oxygen atoms in total. The van der Waals surface area contributed by atoms with Gasteiger partial charge in [-0.3, -0.25) is 0 Å². The van der Waals surface area contributed by atoms with E-state index in [0.29, 0.717) is 5.92 Å². The Morgan fingerprint density at radius 2 is 1.94 bits per heavy atom. The minimum atomic E-state index is 0.149. The Morgan fingerprint density at radius 1 is 1.25 bits per heavy atom. The first kappa shape index (κ1) is 11.4. The summed E-state index contributed by atoms with van der Waals surface area (Å²) in [5, 5.41) is 0. The molecule has 1 aromatic carbocycles. The second kappa shape index (κ2) is 4.82. The van der Waals surface area contributed by atoms with Crippen LogP contribution in [0.4, 0.5) is 0 Å². The highest BCUT2D eigenvalue weighted by molar-refractivity contribution is 5.64. The molecule has 0 bridgehead atoms. The van der Waals surface area contributed by atoms with Crippen molar-refractivity contribution in [3.05, 3.63) is 34.9 Å². The number of carbonyl (C=O) groups is 1. The Kier molecular flexibility index (Phi) is 3.42. The van der Waals surface area contributed by atoms with Gasteiger partial charge in [-0.2, -0.15) is 0 Å². The number of carbonyl (C=O) groups excluding carboxylic acids is 1. The van der Waals surface area contributed by atoms with E-state index >= 15 is 0 Å². The third-order valence-electron chi connectivity index (χ3n) is 3.65. The number of rotatable bonds is 5. The molecule has 2 rings (SSSR count). The fraction of sp³-hybridized carbons (Fsp3) is 0.533. The molecule has 1 heteroatoms. The van der Waals surface area contributed by atoms with Gasteiger partial charge in [-0.25, -0.2) is 0 Å². The average molecular weight is 216 g/mol. The van der Waals surface area contributed by atoms with Crippen LogP contribution in [0.1, 0.15) is 49.3 Å². The standard InChI is InChI=1S/C15H20O/c1-3-11-5-8-14(9-12(11)4-2)15(10-16)13-6-7-13/h5,8-10,13,15H,3-4,6-7H2,1-2H3. The molecule has 1 saturated carbocycles. The zero-order chi connectivity index (χ0) is 11.5. The van der Waals surface area contributed by atoms with E-state index in [-0.39, 0.29) is 5.92 Å². The summed E-state index contributed by atoms with van der Waals surface area (Å²) < 4.78 is 0. The molecule has 0 aliphatic heterocycles. The molecule has 0 saturated heterocycles. The van der Waals surface area contributed by atoms with Crippen LogP contribution in [0.3, 0.4) is 0 Å². The summed E-state index contributed by atoms with van der Waals surface area (Å²) >= 11 is 0. The second-order valence-corrected chi connectivity index (χ2v) is 4.73. The molecular weight excluding hydrogens is 196 g/mol. The topological polar surface area (TPSA) is 17.1 Å². The summed E-state index contributed by atoms with van der Waals surface area (Å²) in [5.74, 6) is 0.769. The van der Waals surface area contributed by atoms with Gasteiger partial charge in [0.1, 0.15) is 6.29 Å². The van der Waals surface area contributed by atoms with E-state index in [0.717, 1.165) is 19.1 Å². The molecule has 1 fully saturated rings. The summed E-state index contributed by atoms with van der Waals surface area (Å²) in [6.07, 6.45) is 5.73. The predicted molar refractivity (Wildman–Crippen MR) is 66.7 cm³/mol. The lowest BCUT2D eigenvalue weighted by Gasteiger charge is -2.13. The predicted octanol–water partition coefficient (Wildman–Crippen LogP) is 3.50. The van der Waals surface area contributed by atoms with Crippen molar-refractivity contribution in [2.24, 2.45) is 5.92 Å². The molecule has 0 radical (unpaired) electrons. The number of hydrogen-bond donors (Lipinski definition) is 0. The molecule has 1 aliphatic rings. The monoisotopic (exact) mass is 216 g/mol. The maximum Gasteiger partial charge on any atom is 0.127 e. The van der Waals surface area contributed by atoms with Gasteiger partial charge >= 0.3 is 0 Å². The van der Waals surface area contributed by atoms with Gasteiger partial charge in [0.15, 0.2) is 0 Å². The van der Waals surface area contributed by atoms with Gasteiger partial charge in [0.25, 0.3) is 0 Å². The van der Waals surface area contributed by atoms with E-state index in [4.69, 9.17) is 0 Å². The van der Waals surface area contributed by atoms with Crippen LogP contribution >= 0.6 is 0 Å². The number of hydrogen-bond acceptors (Lipinski definition) is 1. The van der Waals surface area contributed by atoms with E-state index in [1.165, 1.54) is 29.5 Å². The lowest BCUT2D eigenvalue weighted by molar-refractivity contribution is -0.109. The first-order valence-corrected chi connectivity index (χ1v) is 6.37. The first-order valence-electron chi connectivity index (χ1n) is 6.37. The Bertz CT molecular complexity index is 377. The molecule has 1 unspecified atom stereocenters. The van der Waals surface area contributed by atoms with Crippen molar-refractivity contribution in [3.63, 3.8) is 0 Å². The van der Waals surface area contributed by atoms with Crippen molar-refractivity contribution >= 4 is 6.29 Å². The van der Waals surface area contributed by atoms with Crippen LogP contribution < -0.4 is 0 Å². The van der Waals surface area contributed by atoms with Gasteiger partial charge < -0.3 is 4.79 Å². The van der Waals surface area contributed by atoms with Gasteiger partial charge in [-0.1, -0.05) is 32.0 Å². The van der Waals surface area contributed by atoms with Crippen LogP contribution in [0.5, 0.6) is 0 Å². The van der Waals surface area contributed by atoms with Crippen molar-refractivity contribution in [1.82, 2.24) is 0 Å². The minimum Gasteiger partial charge on any atom is -0.303 e. The van der Waals surface area contributed by atoms with Crippen LogP contribution in [0.25, 0.3) is 0 Å². The van der Waals surface area contributed by atoms with Gasteiger partial charge in [0.2, 0.25) is 0 Å². The highest BCUT2D eigenvalue weighted by atomic mass is 16.1. The third-order valence-corrected chi connectivity index (χ3v) is 3.65. The molecule has 0 heterocycles. The van der Waals surface area contributed by atoms with Gasteiger partial charge in [-0.05, 0) is 48.3 Å². The summed E-state index contributed by atoms with van der Waals surface area (Å²) in [4.78, 5) is 11.1. The highest BCUT2D eigenvalue weighted by Gasteiger charge is 2.32. The van der Waals surface area contributed by atoms with E-state index in [2.05, 4.69) is 32.0 Å². The lowest BCUT2D eigenvalue weighted by atomic mass is 9.91. The van der Waals surface area contributed by atoms with Crippen molar-refractivity contribution in [2.75, 3.05) is 0 Å². The van der Waals surface area contributed by atoms with Gasteiger partial charge in [-0.15, -0.1) is 0 Å². The number of aldehydes is 1. The van der Waals surface area contributed by atoms with Crippen LogP contribution in [0, 0.1) is 5.92 Å². The van der Waals surface area contributed by atoms with E-state index < -0.39 is 0 Å². The van der Waals surface area contributed by atoms with E-state index in [1.807, 2.05) is 0 Å². The molecule has 16 heavy (non-hydrogen) atoms. The minimum absolute atomic E-state index is 0.149. The summed E-state index contributed by atoms with van der Waals surface area (Å²) in [6.45, 7) is 4.37. The maximum absolute atomic E-state index is 11.1. The molecule has 86 valence electrons. The Hall–Kier alpha value is -1.11. The Labute approximate surface area is 97.9 Å². The van der Waals surface area contributed by atoms with Crippen molar-refractivity contribution in [3.8, 4) is 0 Å². The lowest BCUT2D eigenvalue weighted by Crippen LogP contribution is -2.04. The first-order chi connectivity index (χ1) is 7.80. The van der Waals surface area contributed by atoms with Gasteiger partial charge in [0, 0.05) is 5.92 Å². The summed E-state index contributed by atoms with van der Waals surface area (Å²) in [6, 6.07) is 6.60. The second-order valence-electron chi connectivity index (χ2n) is 4.73. The van der Waals surface area contributed by atoms with Crippen molar-refractivity contribution in [1.29, 1.82) is 0 Å². The van der Waals surface area contributed by atoms with E-state index in [9.17, 15) is 4.79 Å². The highest BCUT2D eigenvalue weighted by Crippen LogP contribution is 2.41. The normalized spacial score (nSPS) is 17.1. The molecule has 0 amide bonds. The molecular formula is C15H20O. The van der Waals surface area contributed by atoms with Crippen LogP contribution in [-0.4, -0.2) is 6.29 Å². The molecule has 1 aliphatic carbocycles. The fourth-order valence-electron chi connectivity index (χ4n) is 2.44. The summed E-state index contributed by atoms with van der Waals surface area (Å²) in [7, 11) is 0. The molecule has 1 aromatic rings. The maximum atomic E-state index is 11.1. The number of benzene rings is 1. The molecule has 0 aromatic heterocycles. The largest absolute Gasteiger partial charge is 0.303 e. The fourth-order valence-corrected chi connectivity index (χ4v) is 2.44. The van der Waals surface area contributed by atoms with Crippen LogP contribution in [-0.2, 0) is 17.6 Å². The van der Waals surface area contributed by atoms with Gasteiger partial charge in [0.05, 0.1) is 0 Å². The SMILES string of the molecule is CCc1ccc(C(C=O)C2CC2)cc1CC. The quantitative estimate of drug-likeness (QED) is 0.688. The van der Waals surface area contributed by atoms with Crippen molar-refractivity contribution < 1.29 is 4.79 Å². The van der Waals surface area contributed by atoms with E-state index in [1.54, 1.807) is 0 Å². The number of aryl methyl sites for hydroxylation is 2. The smallest absolute Gasteiger partial charge is 0.127 e. The summed E-state index contributed by atoms with van der Waals surface area (Å²) in [5.41, 5.74) is 4.06. The van der Waals surface area contributed by atoms with Crippen molar-refractivity contribution in [2.45, 2.75) is 45.4 Å².